The third kappa shape index (κ3) is 3.80. The minimum absolute atomic E-state index is 0.0904. The zero-order valence-electron chi connectivity index (χ0n) is 18.0. The van der Waals surface area contributed by atoms with Gasteiger partial charge in [-0.15, -0.1) is 0 Å². The van der Waals surface area contributed by atoms with Gasteiger partial charge in [-0.05, 0) is 48.7 Å². The number of thiazole rings is 1. The van der Waals surface area contributed by atoms with Crippen molar-refractivity contribution in [2.75, 3.05) is 0 Å². The fourth-order valence-electron chi connectivity index (χ4n) is 3.73. The van der Waals surface area contributed by atoms with Crippen molar-refractivity contribution < 1.29 is 14.5 Å². The molecule has 0 saturated heterocycles. The van der Waals surface area contributed by atoms with Gasteiger partial charge in [-0.25, -0.2) is 0 Å². The molecule has 5 rings (SSSR count). The quantitative estimate of drug-likeness (QED) is 0.202. The highest BCUT2D eigenvalue weighted by molar-refractivity contribution is 7.12. The second kappa shape index (κ2) is 8.49. The Bertz CT molecular complexity index is 1660. The second-order valence-corrected chi connectivity index (χ2v) is 8.72. The minimum Gasteiger partial charge on any atom is -0.288 e. The van der Waals surface area contributed by atoms with Gasteiger partial charge < -0.3 is 0 Å². The lowest BCUT2D eigenvalue weighted by atomic mass is 10.1. The smallest absolute Gasteiger partial charge is 0.279 e. The number of nitro benzene ring substituents is 1. The van der Waals surface area contributed by atoms with Crippen molar-refractivity contribution in [3.05, 3.63) is 121 Å². The lowest BCUT2D eigenvalue weighted by Gasteiger charge is -2.04. The van der Waals surface area contributed by atoms with Gasteiger partial charge >= 0.3 is 0 Å². The van der Waals surface area contributed by atoms with Crippen LogP contribution in [0.2, 0.25) is 0 Å². The lowest BCUT2D eigenvalue weighted by Crippen LogP contribution is -2.11. The van der Waals surface area contributed by atoms with E-state index in [1.54, 1.807) is 12.1 Å². The third-order valence-corrected chi connectivity index (χ3v) is 6.55. The van der Waals surface area contributed by atoms with Crippen LogP contribution in [0.4, 0.5) is 5.69 Å². The van der Waals surface area contributed by atoms with Crippen LogP contribution in [0.3, 0.4) is 0 Å². The molecule has 0 N–H and O–H groups in total. The molecule has 5 aromatic rings. The van der Waals surface area contributed by atoms with Crippen LogP contribution in [0.25, 0.3) is 16.4 Å². The molecule has 2 aromatic heterocycles. The molecule has 1 amide bonds. The van der Waals surface area contributed by atoms with Crippen LogP contribution in [0.15, 0.2) is 89.9 Å². The first-order valence-corrected chi connectivity index (χ1v) is 11.2. The van der Waals surface area contributed by atoms with E-state index >= 15 is 0 Å². The van der Waals surface area contributed by atoms with E-state index in [-0.39, 0.29) is 11.5 Å². The number of aryl methyl sites for hydroxylation is 1. The Morgan fingerprint density at radius 3 is 2.24 bits per heavy atom. The number of carbonyl (C=O) groups is 2. The first-order chi connectivity index (χ1) is 16.4. The van der Waals surface area contributed by atoms with Gasteiger partial charge in [0.1, 0.15) is 4.88 Å². The lowest BCUT2D eigenvalue weighted by molar-refractivity contribution is -0.384. The largest absolute Gasteiger partial charge is 0.288 e. The molecule has 0 atom stereocenters. The van der Waals surface area contributed by atoms with Gasteiger partial charge in [0.05, 0.1) is 16.0 Å². The van der Waals surface area contributed by atoms with E-state index < -0.39 is 10.8 Å². The minimum atomic E-state index is -0.509. The number of hydrogen-bond acceptors (Lipinski definition) is 5. The molecule has 8 heteroatoms. The number of nitrogens with zero attached hydrogens (tertiary/aromatic N) is 3. The van der Waals surface area contributed by atoms with Crippen LogP contribution in [0, 0.1) is 17.0 Å². The summed E-state index contributed by atoms with van der Waals surface area (Å²) in [6.07, 6.45) is 0. The van der Waals surface area contributed by atoms with Crippen molar-refractivity contribution in [1.29, 1.82) is 0 Å². The fraction of sp³-hybridized carbons (Fsp3) is 0.0385. The maximum atomic E-state index is 13.4. The molecular weight excluding hydrogens is 450 g/mol. The number of para-hydroxylation sites is 1. The number of non-ortho nitro benzene ring substituents is 1. The van der Waals surface area contributed by atoms with Crippen molar-refractivity contribution in [1.82, 2.24) is 4.40 Å². The maximum absolute atomic E-state index is 13.4. The summed E-state index contributed by atoms with van der Waals surface area (Å²) in [5, 5.41) is 11.9. The standard InChI is InChI=1S/C26H17N3O4S/c1-16-6-8-19(9-7-16)25(31)27-26-28-21-5-3-2-4-17(21)12-15-22(28)24(34-26)23(30)18-10-13-20(14-11-18)29(32)33/h2-15H,1H3. The van der Waals surface area contributed by atoms with Gasteiger partial charge in [0.15, 0.2) is 4.80 Å². The highest BCUT2D eigenvalue weighted by Gasteiger charge is 2.19. The summed E-state index contributed by atoms with van der Waals surface area (Å²) in [4.78, 5) is 41.9. The molecule has 0 aliphatic heterocycles. The highest BCUT2D eigenvalue weighted by atomic mass is 32.1. The molecule has 0 unspecified atom stereocenters. The average molecular weight is 468 g/mol. The van der Waals surface area contributed by atoms with Crippen LogP contribution in [0.1, 0.15) is 31.2 Å². The molecule has 0 fully saturated rings. The Morgan fingerprint density at radius 1 is 0.853 bits per heavy atom. The van der Waals surface area contributed by atoms with Gasteiger partial charge in [-0.3, -0.25) is 24.1 Å². The Kier molecular flexibility index (Phi) is 5.35. The topological polar surface area (TPSA) is 94.0 Å². The van der Waals surface area contributed by atoms with E-state index in [0.717, 1.165) is 27.8 Å². The molecule has 0 bridgehead atoms. The number of aromatic nitrogens is 1. The number of nitro groups is 1. The maximum Gasteiger partial charge on any atom is 0.279 e. The van der Waals surface area contributed by atoms with Crippen molar-refractivity contribution in [2.24, 2.45) is 4.99 Å². The zero-order chi connectivity index (χ0) is 23.8. The summed E-state index contributed by atoms with van der Waals surface area (Å²) >= 11 is 1.12. The van der Waals surface area contributed by atoms with Gasteiger partial charge in [0.25, 0.3) is 11.6 Å². The Hall–Kier alpha value is -4.43. The molecule has 0 saturated carbocycles. The summed E-state index contributed by atoms with van der Waals surface area (Å²) < 4.78 is 1.81. The van der Waals surface area contributed by atoms with Crippen LogP contribution in [-0.2, 0) is 0 Å². The van der Waals surface area contributed by atoms with E-state index in [9.17, 15) is 19.7 Å². The number of amides is 1. The predicted octanol–water partition coefficient (Wildman–Crippen LogP) is 5.34. The molecule has 166 valence electrons. The molecular formula is C26H17N3O4S. The van der Waals surface area contributed by atoms with Crippen LogP contribution < -0.4 is 4.80 Å². The van der Waals surface area contributed by atoms with E-state index in [2.05, 4.69) is 4.99 Å². The number of carbonyl (C=O) groups excluding carboxylic acids is 2. The summed E-state index contributed by atoms with van der Waals surface area (Å²) in [5.41, 5.74) is 3.15. The third-order valence-electron chi connectivity index (χ3n) is 5.50. The average Bonchev–Trinajstić information content (AvgIpc) is 3.22. The van der Waals surface area contributed by atoms with Crippen molar-refractivity contribution in [3.8, 4) is 0 Å². The normalized spacial score (nSPS) is 11.7. The molecule has 7 nitrogen and oxygen atoms in total. The Labute approximate surface area is 197 Å². The number of benzene rings is 3. The summed E-state index contributed by atoms with van der Waals surface area (Å²) in [7, 11) is 0. The predicted molar refractivity (Wildman–Crippen MR) is 130 cm³/mol. The van der Waals surface area contributed by atoms with Gasteiger partial charge in [0, 0.05) is 23.3 Å². The Morgan fingerprint density at radius 2 is 1.53 bits per heavy atom. The molecule has 2 heterocycles. The molecule has 3 aromatic carbocycles. The molecule has 0 spiro atoms. The molecule has 34 heavy (non-hydrogen) atoms. The summed E-state index contributed by atoms with van der Waals surface area (Å²) in [5.74, 6) is -0.699. The highest BCUT2D eigenvalue weighted by Crippen LogP contribution is 2.24. The Balaban J connectivity index is 1.71. The summed E-state index contributed by atoms with van der Waals surface area (Å²) in [6.45, 7) is 1.94. The molecule has 0 aliphatic carbocycles. The van der Waals surface area contributed by atoms with E-state index in [0.29, 0.717) is 26.3 Å². The summed E-state index contributed by atoms with van der Waals surface area (Å²) in [6, 6.07) is 24.0. The van der Waals surface area contributed by atoms with E-state index in [1.165, 1.54) is 24.3 Å². The van der Waals surface area contributed by atoms with Crippen molar-refractivity contribution >= 4 is 45.1 Å². The fourth-order valence-corrected chi connectivity index (χ4v) is 4.80. The van der Waals surface area contributed by atoms with E-state index in [1.807, 2.05) is 59.9 Å². The van der Waals surface area contributed by atoms with Crippen LogP contribution >= 0.6 is 11.3 Å². The van der Waals surface area contributed by atoms with Crippen molar-refractivity contribution in [3.63, 3.8) is 0 Å². The SMILES string of the molecule is Cc1ccc(C(=O)N=c2sc(C(=O)c3ccc([N+](=O)[O-])cc3)c3ccc4ccccc4n23)cc1. The molecule has 0 radical (unpaired) electrons. The van der Waals surface area contributed by atoms with Gasteiger partial charge in [-0.2, -0.15) is 4.99 Å². The zero-order valence-corrected chi connectivity index (χ0v) is 18.8. The number of fused-ring (bicyclic) bond motifs is 3. The monoisotopic (exact) mass is 467 g/mol. The van der Waals surface area contributed by atoms with Gasteiger partial charge in [0.2, 0.25) is 5.78 Å². The molecule has 0 aliphatic rings. The number of rotatable bonds is 4. The number of hydrogen-bond donors (Lipinski definition) is 0. The van der Waals surface area contributed by atoms with Crippen LogP contribution in [0.5, 0.6) is 0 Å². The number of pyridine rings is 1. The van der Waals surface area contributed by atoms with Gasteiger partial charge in [-0.1, -0.05) is 53.3 Å². The first kappa shape index (κ1) is 21.4. The van der Waals surface area contributed by atoms with E-state index in [4.69, 9.17) is 0 Å². The van der Waals surface area contributed by atoms with Crippen LogP contribution in [-0.4, -0.2) is 21.0 Å². The van der Waals surface area contributed by atoms with Crippen molar-refractivity contribution in [2.45, 2.75) is 6.92 Å². The second-order valence-electron chi connectivity index (χ2n) is 7.74. The number of ketones is 1. The first-order valence-electron chi connectivity index (χ1n) is 10.4.